The lowest BCUT2D eigenvalue weighted by Crippen LogP contribution is -2.37. The standard InChI is InChI=1S/C26H30N2O4S/c1-18(2)17-31-26(30)32-22-15-27-24(33-22)23(19(3)4)28(16-20-11-7-5-8-12-20)25(29)21-13-9-6-10-14-21/h5-15,18-19,23H,16-17H2,1-4H3. The molecule has 0 saturated carbocycles. The van der Waals surface area contributed by atoms with E-state index in [1.54, 1.807) is 0 Å². The van der Waals surface area contributed by atoms with E-state index in [1.165, 1.54) is 17.5 Å². The Bertz CT molecular complexity index is 1030. The van der Waals surface area contributed by atoms with E-state index in [-0.39, 0.29) is 30.4 Å². The predicted octanol–water partition coefficient (Wildman–Crippen LogP) is 6.35. The minimum absolute atomic E-state index is 0.0767. The molecule has 3 aromatic rings. The quantitative estimate of drug-likeness (QED) is 0.344. The van der Waals surface area contributed by atoms with Gasteiger partial charge in [-0.1, -0.05) is 87.6 Å². The van der Waals surface area contributed by atoms with Gasteiger partial charge in [-0.25, -0.2) is 9.78 Å². The molecular formula is C26H30N2O4S. The largest absolute Gasteiger partial charge is 0.514 e. The first-order chi connectivity index (χ1) is 15.8. The normalized spacial score (nSPS) is 11.9. The Kier molecular flexibility index (Phi) is 8.60. The third-order valence-corrected chi connectivity index (χ3v) is 5.86. The van der Waals surface area contributed by atoms with Crippen molar-refractivity contribution in [3.05, 3.63) is 83.0 Å². The Morgan fingerprint density at radius 1 is 0.970 bits per heavy atom. The van der Waals surface area contributed by atoms with E-state index < -0.39 is 6.16 Å². The molecule has 0 saturated heterocycles. The van der Waals surface area contributed by atoms with E-state index in [1.807, 2.05) is 79.4 Å². The highest BCUT2D eigenvalue weighted by Crippen LogP contribution is 2.36. The molecule has 0 aliphatic carbocycles. The van der Waals surface area contributed by atoms with Crippen LogP contribution in [-0.4, -0.2) is 28.6 Å². The topological polar surface area (TPSA) is 68.7 Å². The number of carbonyl (C=O) groups excluding carboxylic acids is 2. The first-order valence-electron chi connectivity index (χ1n) is 11.1. The lowest BCUT2D eigenvalue weighted by atomic mass is 10.0. The summed E-state index contributed by atoms with van der Waals surface area (Å²) in [5.74, 6) is 0.218. The Labute approximate surface area is 199 Å². The molecule has 2 aromatic carbocycles. The second-order valence-corrected chi connectivity index (χ2v) is 9.57. The summed E-state index contributed by atoms with van der Waals surface area (Å²) >= 11 is 1.26. The first-order valence-corrected chi connectivity index (χ1v) is 11.9. The van der Waals surface area contributed by atoms with Crippen LogP contribution >= 0.6 is 11.3 Å². The van der Waals surface area contributed by atoms with Crippen molar-refractivity contribution >= 4 is 23.4 Å². The van der Waals surface area contributed by atoms with Crippen molar-refractivity contribution in [1.82, 2.24) is 9.88 Å². The molecule has 0 spiro atoms. The number of thiazole rings is 1. The molecule has 1 aromatic heterocycles. The van der Waals surface area contributed by atoms with Crippen molar-refractivity contribution in [1.29, 1.82) is 0 Å². The van der Waals surface area contributed by atoms with E-state index in [0.29, 0.717) is 22.2 Å². The van der Waals surface area contributed by atoms with Gasteiger partial charge in [0.15, 0.2) is 0 Å². The van der Waals surface area contributed by atoms with Gasteiger partial charge in [0.2, 0.25) is 5.06 Å². The summed E-state index contributed by atoms with van der Waals surface area (Å²) in [4.78, 5) is 31.9. The molecule has 174 valence electrons. The molecule has 0 aliphatic heterocycles. The Morgan fingerprint density at radius 2 is 1.61 bits per heavy atom. The van der Waals surface area contributed by atoms with Crippen LogP contribution in [0.2, 0.25) is 0 Å². The highest BCUT2D eigenvalue weighted by molar-refractivity contribution is 7.13. The number of aromatic nitrogens is 1. The highest BCUT2D eigenvalue weighted by Gasteiger charge is 2.31. The number of amides is 1. The molecule has 0 N–H and O–H groups in total. The second-order valence-electron chi connectivity index (χ2n) is 8.55. The molecule has 33 heavy (non-hydrogen) atoms. The van der Waals surface area contributed by atoms with Gasteiger partial charge in [0, 0.05) is 12.1 Å². The zero-order valence-corrected chi connectivity index (χ0v) is 20.2. The zero-order valence-electron chi connectivity index (χ0n) is 19.4. The molecule has 6 nitrogen and oxygen atoms in total. The number of rotatable bonds is 9. The fourth-order valence-electron chi connectivity index (χ4n) is 3.40. The zero-order chi connectivity index (χ0) is 23.8. The molecule has 0 fully saturated rings. The molecule has 0 aliphatic rings. The van der Waals surface area contributed by atoms with Gasteiger partial charge in [0.05, 0.1) is 18.8 Å². The van der Waals surface area contributed by atoms with Crippen LogP contribution < -0.4 is 4.74 Å². The van der Waals surface area contributed by atoms with Crippen molar-refractivity contribution in [2.24, 2.45) is 11.8 Å². The summed E-state index contributed by atoms with van der Waals surface area (Å²) in [5, 5.41) is 1.05. The monoisotopic (exact) mass is 466 g/mol. The van der Waals surface area contributed by atoms with Gasteiger partial charge in [-0.2, -0.15) is 0 Å². The maximum atomic E-state index is 13.6. The Hall–Kier alpha value is -3.19. The van der Waals surface area contributed by atoms with Crippen LogP contribution in [0.25, 0.3) is 0 Å². The molecule has 1 heterocycles. The predicted molar refractivity (Wildman–Crippen MR) is 129 cm³/mol. The van der Waals surface area contributed by atoms with Crippen LogP contribution in [0.3, 0.4) is 0 Å². The summed E-state index contributed by atoms with van der Waals surface area (Å²) in [5.41, 5.74) is 1.64. The minimum atomic E-state index is -0.749. The number of hydrogen-bond donors (Lipinski definition) is 0. The molecule has 1 amide bonds. The van der Waals surface area contributed by atoms with Crippen molar-refractivity contribution in [2.45, 2.75) is 40.3 Å². The van der Waals surface area contributed by atoms with Crippen LogP contribution in [0, 0.1) is 11.8 Å². The Balaban J connectivity index is 1.88. The van der Waals surface area contributed by atoms with Crippen molar-refractivity contribution < 1.29 is 19.1 Å². The van der Waals surface area contributed by atoms with Crippen LogP contribution in [-0.2, 0) is 11.3 Å². The third-order valence-electron chi connectivity index (χ3n) is 4.92. The molecule has 0 bridgehead atoms. The van der Waals surface area contributed by atoms with Crippen molar-refractivity contribution in [3.8, 4) is 5.06 Å². The maximum absolute atomic E-state index is 13.6. The van der Waals surface area contributed by atoms with Gasteiger partial charge in [-0.3, -0.25) is 4.79 Å². The molecule has 1 atom stereocenters. The van der Waals surface area contributed by atoms with E-state index in [0.717, 1.165) is 5.56 Å². The summed E-state index contributed by atoms with van der Waals surface area (Å²) in [6.07, 6.45) is 0.765. The SMILES string of the molecule is CC(C)COC(=O)Oc1cnc(C(C(C)C)N(Cc2ccccc2)C(=O)c2ccccc2)s1. The van der Waals surface area contributed by atoms with E-state index in [2.05, 4.69) is 18.8 Å². The van der Waals surface area contributed by atoms with Crippen LogP contribution in [0.5, 0.6) is 5.06 Å². The van der Waals surface area contributed by atoms with Gasteiger partial charge >= 0.3 is 6.16 Å². The average Bonchev–Trinajstić information content (AvgIpc) is 3.25. The van der Waals surface area contributed by atoms with Crippen LogP contribution in [0.1, 0.15) is 54.7 Å². The van der Waals surface area contributed by atoms with Crippen LogP contribution in [0.15, 0.2) is 66.9 Å². The summed E-state index contributed by atoms with van der Waals surface area (Å²) < 4.78 is 10.4. The van der Waals surface area contributed by atoms with Crippen molar-refractivity contribution in [3.63, 3.8) is 0 Å². The maximum Gasteiger partial charge on any atom is 0.514 e. The molecular weight excluding hydrogens is 436 g/mol. The average molecular weight is 467 g/mol. The molecule has 3 rings (SSSR count). The number of benzene rings is 2. The number of nitrogens with zero attached hydrogens (tertiary/aromatic N) is 2. The van der Waals surface area contributed by atoms with Crippen LogP contribution in [0.4, 0.5) is 4.79 Å². The van der Waals surface area contributed by atoms with Gasteiger partial charge in [0.25, 0.3) is 5.91 Å². The van der Waals surface area contributed by atoms with E-state index in [9.17, 15) is 9.59 Å². The molecule has 7 heteroatoms. The fourth-order valence-corrected chi connectivity index (χ4v) is 4.45. The van der Waals surface area contributed by atoms with E-state index >= 15 is 0 Å². The Morgan fingerprint density at radius 3 is 2.21 bits per heavy atom. The number of carbonyl (C=O) groups is 2. The van der Waals surface area contributed by atoms with Crippen molar-refractivity contribution in [2.75, 3.05) is 6.61 Å². The smallest absolute Gasteiger partial charge is 0.434 e. The van der Waals surface area contributed by atoms with Gasteiger partial charge < -0.3 is 14.4 Å². The van der Waals surface area contributed by atoms with Gasteiger partial charge in [-0.05, 0) is 29.5 Å². The third kappa shape index (κ3) is 6.89. The molecule has 0 radical (unpaired) electrons. The molecule has 1 unspecified atom stereocenters. The summed E-state index contributed by atoms with van der Waals surface area (Å²) in [6.45, 7) is 8.74. The van der Waals surface area contributed by atoms with E-state index in [4.69, 9.17) is 9.47 Å². The fraction of sp³-hybridized carbons (Fsp3) is 0.346. The minimum Gasteiger partial charge on any atom is -0.434 e. The number of ether oxygens (including phenoxy) is 2. The second kappa shape index (κ2) is 11.6. The van der Waals surface area contributed by atoms with Gasteiger partial charge in [0.1, 0.15) is 5.01 Å². The van der Waals surface area contributed by atoms with Gasteiger partial charge in [-0.15, -0.1) is 0 Å². The lowest BCUT2D eigenvalue weighted by Gasteiger charge is -2.33. The number of hydrogen-bond acceptors (Lipinski definition) is 6. The summed E-state index contributed by atoms with van der Waals surface area (Å²) in [7, 11) is 0. The highest BCUT2D eigenvalue weighted by atomic mass is 32.1. The lowest BCUT2D eigenvalue weighted by molar-refractivity contribution is 0.0601. The first kappa shape index (κ1) is 24.5. The summed E-state index contributed by atoms with van der Waals surface area (Å²) in [6, 6.07) is 18.8.